The summed E-state index contributed by atoms with van der Waals surface area (Å²) in [5.74, 6) is -1.00. The summed E-state index contributed by atoms with van der Waals surface area (Å²) >= 11 is 0. The highest BCUT2D eigenvalue weighted by Crippen LogP contribution is 2.40. The molecule has 3 saturated heterocycles. The molecule has 0 bridgehead atoms. The van der Waals surface area contributed by atoms with Crippen LogP contribution in [0.25, 0.3) is 0 Å². The van der Waals surface area contributed by atoms with Gasteiger partial charge in [0.05, 0.1) is 12.2 Å². The number of likely N-dealkylation sites (tertiary alicyclic amines) is 1. The van der Waals surface area contributed by atoms with Crippen LogP contribution in [0.4, 0.5) is 14.9 Å². The van der Waals surface area contributed by atoms with Crippen LogP contribution in [0, 0.1) is 24.6 Å². The molecule has 11 heteroatoms. The molecule has 1 spiro atoms. The van der Waals surface area contributed by atoms with Crippen LogP contribution < -0.4 is 20.3 Å². The second kappa shape index (κ2) is 11.7. The van der Waals surface area contributed by atoms with Crippen molar-refractivity contribution in [3.8, 4) is 5.75 Å². The monoisotopic (exact) mass is 579 g/mol. The molecule has 3 heterocycles. The topological polar surface area (TPSA) is 111 Å². The number of nitrogens with zero attached hydrogens (tertiary/aromatic N) is 3. The number of carbonyl (C=O) groups is 4. The quantitative estimate of drug-likeness (QED) is 0.466. The van der Waals surface area contributed by atoms with Crippen LogP contribution in [0.5, 0.6) is 5.75 Å². The van der Waals surface area contributed by atoms with E-state index in [4.69, 9.17) is 4.74 Å². The summed E-state index contributed by atoms with van der Waals surface area (Å²) in [6, 6.07) is 10.1. The Morgan fingerprint density at radius 1 is 1.10 bits per heavy atom. The molecule has 0 aromatic heterocycles. The van der Waals surface area contributed by atoms with Crippen molar-refractivity contribution in [1.29, 1.82) is 0 Å². The van der Waals surface area contributed by atoms with E-state index in [2.05, 4.69) is 10.6 Å². The third kappa shape index (κ3) is 5.45. The molecule has 0 saturated carbocycles. The maximum atomic E-state index is 14.3. The van der Waals surface area contributed by atoms with Gasteiger partial charge in [0.1, 0.15) is 23.1 Å². The number of anilines is 1. The number of carbonyl (C=O) groups excluding carboxylic acids is 4. The summed E-state index contributed by atoms with van der Waals surface area (Å²) in [5.41, 5.74) is 0.0806. The Kier molecular flexibility index (Phi) is 8.23. The van der Waals surface area contributed by atoms with Gasteiger partial charge in [-0.1, -0.05) is 25.5 Å². The van der Waals surface area contributed by atoms with Crippen molar-refractivity contribution in [2.24, 2.45) is 11.8 Å². The molecular weight excluding hydrogens is 541 g/mol. The van der Waals surface area contributed by atoms with Gasteiger partial charge >= 0.3 is 6.03 Å². The van der Waals surface area contributed by atoms with Crippen LogP contribution in [0.1, 0.15) is 42.6 Å². The van der Waals surface area contributed by atoms with E-state index < -0.39 is 29.3 Å². The minimum Gasteiger partial charge on any atom is -0.493 e. The fourth-order valence-corrected chi connectivity index (χ4v) is 5.83. The Hall–Kier alpha value is -3.99. The Labute approximate surface area is 245 Å². The Morgan fingerprint density at radius 3 is 2.36 bits per heavy atom. The molecule has 2 aromatic carbocycles. The lowest BCUT2D eigenvalue weighted by molar-refractivity contribution is -0.139. The standard InChI is InChI=1S/C31H38FN5O5/c1-19(2)26(34-27(38)24-15-20(3)5-10-25(24)32)28(39)36-13-11-31(12-14-36)29(40)35(4)30(41)37(31)22-6-8-23(9-7-22)42-18-21-16-33-17-21/h5-10,15,19,21,26,33H,11-14,16-18H2,1-4H3,(H,34,38)/t26-/m1/s1. The molecule has 3 aliphatic heterocycles. The largest absolute Gasteiger partial charge is 0.493 e. The van der Waals surface area contributed by atoms with Gasteiger partial charge in [-0.2, -0.15) is 0 Å². The van der Waals surface area contributed by atoms with Crippen LogP contribution in [-0.4, -0.2) is 85.0 Å². The molecule has 42 heavy (non-hydrogen) atoms. The fourth-order valence-electron chi connectivity index (χ4n) is 5.83. The van der Waals surface area contributed by atoms with Gasteiger partial charge in [-0.05, 0) is 62.1 Å². The number of ether oxygens (including phenoxy) is 1. The van der Waals surface area contributed by atoms with Crippen molar-refractivity contribution in [1.82, 2.24) is 20.4 Å². The summed E-state index contributed by atoms with van der Waals surface area (Å²) in [7, 11) is 1.48. The summed E-state index contributed by atoms with van der Waals surface area (Å²) in [4.78, 5) is 57.6. The first kappa shape index (κ1) is 29.5. The zero-order chi connectivity index (χ0) is 30.2. The van der Waals surface area contributed by atoms with Crippen LogP contribution in [0.15, 0.2) is 42.5 Å². The van der Waals surface area contributed by atoms with Gasteiger partial charge in [0.2, 0.25) is 5.91 Å². The highest BCUT2D eigenvalue weighted by molar-refractivity contribution is 6.16. The average molecular weight is 580 g/mol. The van der Waals surface area contributed by atoms with Crippen LogP contribution in [0.2, 0.25) is 0 Å². The highest BCUT2D eigenvalue weighted by atomic mass is 19.1. The van der Waals surface area contributed by atoms with Gasteiger partial charge in [0.25, 0.3) is 11.8 Å². The number of amides is 5. The third-order valence-electron chi connectivity index (χ3n) is 8.54. The van der Waals surface area contributed by atoms with Crippen molar-refractivity contribution in [2.45, 2.75) is 45.2 Å². The van der Waals surface area contributed by atoms with Gasteiger partial charge in [-0.3, -0.25) is 24.2 Å². The molecule has 5 rings (SSSR count). The number of aryl methyl sites for hydroxylation is 1. The van der Waals surface area contributed by atoms with Crippen molar-refractivity contribution in [3.05, 3.63) is 59.4 Å². The molecule has 0 unspecified atom stereocenters. The molecule has 2 N–H and O–H groups in total. The van der Waals surface area contributed by atoms with Gasteiger partial charge in [0.15, 0.2) is 0 Å². The Balaban J connectivity index is 1.29. The number of nitrogens with one attached hydrogen (secondary N) is 2. The first-order chi connectivity index (χ1) is 20.0. The zero-order valence-electron chi connectivity index (χ0n) is 24.5. The number of piperidine rings is 1. The highest BCUT2D eigenvalue weighted by Gasteiger charge is 2.58. The van der Waals surface area contributed by atoms with Gasteiger partial charge < -0.3 is 20.3 Å². The molecule has 224 valence electrons. The third-order valence-corrected chi connectivity index (χ3v) is 8.54. The smallest absolute Gasteiger partial charge is 0.331 e. The molecule has 3 fully saturated rings. The van der Waals surface area contributed by atoms with Crippen LogP contribution in [-0.2, 0) is 9.59 Å². The van der Waals surface area contributed by atoms with E-state index in [1.807, 2.05) is 13.8 Å². The SMILES string of the molecule is Cc1ccc(F)c(C(=O)N[C@@H](C(=O)N2CCC3(CC2)C(=O)N(C)C(=O)N3c2ccc(OCC3CNC3)cc2)C(C)C)c1. The van der Waals surface area contributed by atoms with Crippen molar-refractivity contribution in [3.63, 3.8) is 0 Å². The van der Waals surface area contributed by atoms with Crippen LogP contribution >= 0.6 is 0 Å². The minimum absolute atomic E-state index is 0.115. The molecule has 3 aliphatic rings. The number of likely N-dealkylation sites (N-methyl/N-ethyl adjacent to an activating group) is 1. The maximum absolute atomic E-state index is 14.3. The molecule has 0 radical (unpaired) electrons. The summed E-state index contributed by atoms with van der Waals surface area (Å²) in [6.07, 6.45) is 0.484. The molecule has 10 nitrogen and oxygen atoms in total. The number of benzene rings is 2. The number of halogens is 1. The minimum atomic E-state index is -1.12. The number of hydrogen-bond donors (Lipinski definition) is 2. The van der Waals surface area contributed by atoms with Gasteiger partial charge in [-0.15, -0.1) is 0 Å². The van der Waals surface area contributed by atoms with Crippen molar-refractivity contribution >= 4 is 29.4 Å². The summed E-state index contributed by atoms with van der Waals surface area (Å²) in [6.45, 7) is 8.31. The van der Waals surface area contributed by atoms with E-state index in [0.717, 1.165) is 23.6 Å². The van der Waals surface area contributed by atoms with Crippen molar-refractivity contribution in [2.75, 3.05) is 44.7 Å². The second-order valence-electron chi connectivity index (χ2n) is 11.8. The second-order valence-corrected chi connectivity index (χ2v) is 11.8. The lowest BCUT2D eigenvalue weighted by Crippen LogP contribution is -2.60. The predicted molar refractivity (Wildman–Crippen MR) is 155 cm³/mol. The molecule has 5 amide bonds. The van der Waals surface area contributed by atoms with E-state index in [-0.39, 0.29) is 49.2 Å². The number of hydrogen-bond acceptors (Lipinski definition) is 6. The summed E-state index contributed by atoms with van der Waals surface area (Å²) in [5, 5.41) is 5.93. The Bertz CT molecular complexity index is 1370. The van der Waals surface area contributed by atoms with E-state index in [9.17, 15) is 23.6 Å². The number of imide groups is 1. The molecule has 2 aromatic rings. The fraction of sp³-hybridized carbons (Fsp3) is 0.484. The van der Waals surface area contributed by atoms with Gasteiger partial charge in [0, 0.05) is 44.8 Å². The van der Waals surface area contributed by atoms with Gasteiger partial charge in [-0.25, -0.2) is 9.18 Å². The average Bonchev–Trinajstić information content (AvgIpc) is 3.12. The van der Waals surface area contributed by atoms with E-state index in [1.54, 1.807) is 47.1 Å². The number of urea groups is 1. The predicted octanol–water partition coefficient (Wildman–Crippen LogP) is 2.95. The van der Waals surface area contributed by atoms with E-state index in [1.165, 1.54) is 19.2 Å². The lowest BCUT2D eigenvalue weighted by Gasteiger charge is -2.43. The normalized spacial score (nSPS) is 19.3. The van der Waals surface area contributed by atoms with E-state index in [0.29, 0.717) is 24.0 Å². The summed E-state index contributed by atoms with van der Waals surface area (Å²) < 4.78 is 20.2. The van der Waals surface area contributed by atoms with E-state index >= 15 is 0 Å². The molecule has 1 atom stereocenters. The molecular formula is C31H38FN5O5. The first-order valence-electron chi connectivity index (χ1n) is 14.4. The zero-order valence-corrected chi connectivity index (χ0v) is 24.5. The Morgan fingerprint density at radius 2 is 1.76 bits per heavy atom. The maximum Gasteiger partial charge on any atom is 0.331 e. The van der Waals surface area contributed by atoms with Crippen LogP contribution in [0.3, 0.4) is 0 Å². The van der Waals surface area contributed by atoms with Crippen molar-refractivity contribution < 1.29 is 28.3 Å². The first-order valence-corrected chi connectivity index (χ1v) is 14.4. The number of rotatable bonds is 8. The molecule has 0 aliphatic carbocycles. The lowest BCUT2D eigenvalue weighted by atomic mass is 9.85.